The molecule has 1 heterocycles. The van der Waals surface area contributed by atoms with Crippen LogP contribution in [-0.4, -0.2) is 14.6 Å². The largest absolute Gasteiger partial charge is 0.282 e. The Hall–Kier alpha value is 0.110. The topological polar surface area (TPSA) is 26.3 Å². The van der Waals surface area contributed by atoms with Gasteiger partial charge in [-0.15, -0.1) is 0 Å². The van der Waals surface area contributed by atoms with E-state index in [0.717, 1.165) is 0 Å². The third-order valence-electron chi connectivity index (χ3n) is 2.15. The summed E-state index contributed by atoms with van der Waals surface area (Å²) in [5.41, 5.74) is -0.210. The highest BCUT2D eigenvalue weighted by molar-refractivity contribution is 7.83. The molecule has 0 amide bonds. The first-order valence-corrected chi connectivity index (χ1v) is 4.07. The Bertz CT molecular complexity index is 160. The summed E-state index contributed by atoms with van der Waals surface area (Å²) in [6.07, 6.45) is 0. The molecule has 2 nitrogen and oxygen atoms in total. The highest BCUT2D eigenvalue weighted by Crippen LogP contribution is 2.42. The van der Waals surface area contributed by atoms with Gasteiger partial charge in [0.15, 0.2) is 11.1 Å². The van der Waals surface area contributed by atoms with Gasteiger partial charge in [-0.05, 0) is 27.7 Å². The van der Waals surface area contributed by atoms with Crippen molar-refractivity contribution < 1.29 is 8.39 Å². The molecule has 54 valence electrons. The fourth-order valence-electron chi connectivity index (χ4n) is 0.560. The van der Waals surface area contributed by atoms with E-state index in [1.807, 2.05) is 27.7 Å². The summed E-state index contributed by atoms with van der Waals surface area (Å²) in [5, 5.41) is 0. The summed E-state index contributed by atoms with van der Waals surface area (Å²) >= 11 is -1.07. The summed E-state index contributed by atoms with van der Waals surface area (Å²) < 4.78 is 15.7. The lowest BCUT2D eigenvalue weighted by molar-refractivity contribution is 0.0303. The van der Waals surface area contributed by atoms with Gasteiger partial charge in [-0.1, -0.05) is 0 Å². The Balaban J connectivity index is 2.82. The summed E-state index contributed by atoms with van der Waals surface area (Å²) in [4.78, 5) is 0. The molecule has 1 aliphatic rings. The van der Waals surface area contributed by atoms with E-state index in [-0.39, 0.29) is 10.3 Å². The third-order valence-corrected chi connectivity index (χ3v) is 4.04. The first-order chi connectivity index (χ1) is 3.88. The van der Waals surface area contributed by atoms with Crippen LogP contribution in [0.5, 0.6) is 0 Å². The van der Waals surface area contributed by atoms with E-state index in [1.54, 1.807) is 0 Å². The Morgan fingerprint density at radius 3 is 1.67 bits per heavy atom. The molecule has 1 atom stereocenters. The van der Waals surface area contributed by atoms with Gasteiger partial charge >= 0.3 is 0 Å². The van der Waals surface area contributed by atoms with Crippen LogP contribution in [0.15, 0.2) is 0 Å². The van der Waals surface area contributed by atoms with Crippen molar-refractivity contribution in [3.8, 4) is 0 Å². The summed E-state index contributed by atoms with van der Waals surface area (Å²) in [6.45, 7) is 7.81. The lowest BCUT2D eigenvalue weighted by Gasteiger charge is -2.48. The molecule has 1 rings (SSSR count). The predicted molar refractivity (Wildman–Crippen MR) is 37.4 cm³/mol. The van der Waals surface area contributed by atoms with Crippen LogP contribution in [0.1, 0.15) is 27.7 Å². The van der Waals surface area contributed by atoms with Gasteiger partial charge in [0.2, 0.25) is 0 Å². The van der Waals surface area contributed by atoms with Gasteiger partial charge < -0.3 is 0 Å². The second kappa shape index (κ2) is 1.58. The monoisotopic (exact) mass is 148 g/mol. The fraction of sp³-hybridized carbons (Fsp3) is 1.00. The number of hydrogen-bond acceptors (Lipinski definition) is 2. The van der Waals surface area contributed by atoms with Gasteiger partial charge in [0.1, 0.15) is 0 Å². The average Bonchev–Trinajstić information content (AvgIpc) is 1.65. The van der Waals surface area contributed by atoms with Crippen molar-refractivity contribution in [1.82, 2.24) is 0 Å². The van der Waals surface area contributed by atoms with Crippen molar-refractivity contribution in [2.45, 2.75) is 38.0 Å². The van der Waals surface area contributed by atoms with Crippen LogP contribution in [0.2, 0.25) is 0 Å². The maximum absolute atomic E-state index is 10.9. The molecule has 1 saturated heterocycles. The summed E-state index contributed by atoms with van der Waals surface area (Å²) in [7, 11) is 0. The summed E-state index contributed by atoms with van der Waals surface area (Å²) in [5.74, 6) is 0. The van der Waals surface area contributed by atoms with Crippen molar-refractivity contribution in [2.75, 3.05) is 0 Å². The van der Waals surface area contributed by atoms with Crippen LogP contribution in [0.4, 0.5) is 0 Å². The molecule has 0 aromatic rings. The summed E-state index contributed by atoms with van der Waals surface area (Å²) in [6, 6.07) is 0. The molecule has 1 fully saturated rings. The molecule has 9 heavy (non-hydrogen) atoms. The molecule has 1 unspecified atom stereocenters. The van der Waals surface area contributed by atoms with E-state index in [4.69, 9.17) is 4.18 Å². The quantitative estimate of drug-likeness (QED) is 0.516. The minimum absolute atomic E-state index is 0.174. The second-order valence-corrected chi connectivity index (χ2v) is 5.00. The van der Waals surface area contributed by atoms with Crippen molar-refractivity contribution in [1.29, 1.82) is 0 Å². The van der Waals surface area contributed by atoms with Gasteiger partial charge in [-0.25, -0.2) is 4.21 Å². The first-order valence-electron chi connectivity index (χ1n) is 2.99. The Kier molecular flexibility index (Phi) is 1.27. The van der Waals surface area contributed by atoms with Gasteiger partial charge in [-0.2, -0.15) is 0 Å². The zero-order valence-electron chi connectivity index (χ0n) is 6.22. The van der Waals surface area contributed by atoms with E-state index in [1.165, 1.54) is 0 Å². The molecule has 0 aromatic heterocycles. The van der Waals surface area contributed by atoms with Gasteiger partial charge in [0.05, 0.1) is 10.3 Å². The van der Waals surface area contributed by atoms with E-state index in [2.05, 4.69) is 0 Å². The molecule has 0 saturated carbocycles. The number of rotatable bonds is 0. The Morgan fingerprint density at radius 1 is 1.22 bits per heavy atom. The van der Waals surface area contributed by atoms with E-state index in [9.17, 15) is 4.21 Å². The molecule has 0 bridgehead atoms. The van der Waals surface area contributed by atoms with Crippen LogP contribution in [0.3, 0.4) is 0 Å². The smallest absolute Gasteiger partial charge is 0.164 e. The lowest BCUT2D eigenvalue weighted by atomic mass is 9.93. The molecule has 3 heteroatoms. The van der Waals surface area contributed by atoms with Crippen LogP contribution in [0.25, 0.3) is 0 Å². The number of hydrogen-bond donors (Lipinski definition) is 0. The molecule has 1 aliphatic heterocycles. The molecule has 0 spiro atoms. The van der Waals surface area contributed by atoms with Gasteiger partial charge in [0, 0.05) is 0 Å². The van der Waals surface area contributed by atoms with Crippen LogP contribution in [-0.2, 0) is 15.3 Å². The predicted octanol–water partition coefficient (Wildman–Crippen LogP) is 1.24. The highest BCUT2D eigenvalue weighted by atomic mass is 32.2. The maximum Gasteiger partial charge on any atom is 0.164 e. The van der Waals surface area contributed by atoms with Crippen LogP contribution >= 0.6 is 0 Å². The van der Waals surface area contributed by atoms with Crippen molar-refractivity contribution >= 4 is 11.1 Å². The van der Waals surface area contributed by atoms with Gasteiger partial charge in [-0.3, -0.25) is 4.18 Å². The van der Waals surface area contributed by atoms with E-state index in [0.29, 0.717) is 0 Å². The zero-order chi connectivity index (χ0) is 7.28. The molecule has 0 aromatic carbocycles. The SMILES string of the molecule is CC1(C)OS(=O)C1(C)C. The fourth-order valence-corrected chi connectivity index (χ4v) is 1.68. The Morgan fingerprint density at radius 2 is 1.67 bits per heavy atom. The standard InChI is InChI=1S/C6H12O2S/c1-5(2)6(3,4)9(7)8-5/h1-4H3. The Labute approximate surface area is 58.3 Å². The van der Waals surface area contributed by atoms with Crippen LogP contribution < -0.4 is 0 Å². The van der Waals surface area contributed by atoms with Crippen molar-refractivity contribution in [3.05, 3.63) is 0 Å². The van der Waals surface area contributed by atoms with Crippen molar-refractivity contribution in [3.63, 3.8) is 0 Å². The average molecular weight is 148 g/mol. The zero-order valence-corrected chi connectivity index (χ0v) is 7.04. The molecule has 0 N–H and O–H groups in total. The van der Waals surface area contributed by atoms with E-state index >= 15 is 0 Å². The third kappa shape index (κ3) is 0.749. The normalized spacial score (nSPS) is 37.6. The molecular formula is C6H12O2S. The second-order valence-electron chi connectivity index (χ2n) is 3.34. The first kappa shape index (κ1) is 7.22. The lowest BCUT2D eigenvalue weighted by Crippen LogP contribution is -2.61. The minimum Gasteiger partial charge on any atom is -0.282 e. The highest BCUT2D eigenvalue weighted by Gasteiger charge is 2.55. The molecule has 0 aliphatic carbocycles. The van der Waals surface area contributed by atoms with Gasteiger partial charge in [0.25, 0.3) is 0 Å². The van der Waals surface area contributed by atoms with Crippen LogP contribution in [0, 0.1) is 0 Å². The van der Waals surface area contributed by atoms with E-state index < -0.39 is 11.1 Å². The molecular weight excluding hydrogens is 136 g/mol. The minimum atomic E-state index is -1.07. The van der Waals surface area contributed by atoms with Crippen molar-refractivity contribution in [2.24, 2.45) is 0 Å². The molecule has 0 radical (unpaired) electrons. The maximum atomic E-state index is 10.9.